The molecule has 1 aliphatic heterocycles. The van der Waals surface area contributed by atoms with Gasteiger partial charge in [-0.15, -0.1) is 0 Å². The molecule has 0 bridgehead atoms. The van der Waals surface area contributed by atoms with Crippen molar-refractivity contribution < 1.29 is 14.3 Å². The molecule has 2 heterocycles. The van der Waals surface area contributed by atoms with Crippen molar-refractivity contribution in [2.45, 2.75) is 38.2 Å². The van der Waals surface area contributed by atoms with Gasteiger partial charge in [-0.05, 0) is 55.9 Å². The average molecular weight is 380 g/mol. The summed E-state index contributed by atoms with van der Waals surface area (Å²) < 4.78 is 11.2. The maximum atomic E-state index is 13.2. The number of hydrogen-bond donors (Lipinski definition) is 0. The van der Waals surface area contributed by atoms with Crippen LogP contribution in [0.15, 0.2) is 42.6 Å². The zero-order valence-corrected chi connectivity index (χ0v) is 16.5. The second kappa shape index (κ2) is 8.74. The molecule has 5 nitrogen and oxygen atoms in total. The van der Waals surface area contributed by atoms with Crippen LogP contribution in [0.4, 0.5) is 0 Å². The molecule has 0 spiro atoms. The topological polar surface area (TPSA) is 51.7 Å². The van der Waals surface area contributed by atoms with Crippen LogP contribution in [0.1, 0.15) is 42.5 Å². The van der Waals surface area contributed by atoms with Crippen molar-refractivity contribution >= 4 is 5.91 Å². The van der Waals surface area contributed by atoms with Gasteiger partial charge in [-0.25, -0.2) is 0 Å². The third-order valence-corrected chi connectivity index (χ3v) is 5.83. The monoisotopic (exact) mass is 380 g/mol. The molecule has 1 saturated carbocycles. The first-order valence-corrected chi connectivity index (χ1v) is 10.2. The van der Waals surface area contributed by atoms with Gasteiger partial charge in [0, 0.05) is 37.0 Å². The summed E-state index contributed by atoms with van der Waals surface area (Å²) in [6.45, 7) is 2.36. The molecule has 0 unspecified atom stereocenters. The Balaban J connectivity index is 1.51. The fraction of sp³-hybridized carbons (Fsp3) is 0.478. The Morgan fingerprint density at radius 2 is 1.96 bits per heavy atom. The highest BCUT2D eigenvalue weighted by Crippen LogP contribution is 2.30. The number of rotatable bonds is 7. The largest absolute Gasteiger partial charge is 0.494 e. The molecule has 1 atom stereocenters. The van der Waals surface area contributed by atoms with Gasteiger partial charge in [-0.1, -0.05) is 18.6 Å². The zero-order valence-electron chi connectivity index (χ0n) is 16.5. The van der Waals surface area contributed by atoms with Crippen molar-refractivity contribution in [1.82, 2.24) is 9.88 Å². The van der Waals surface area contributed by atoms with Gasteiger partial charge < -0.3 is 14.4 Å². The Kier molecular flexibility index (Phi) is 5.91. The van der Waals surface area contributed by atoms with E-state index in [0.717, 1.165) is 48.6 Å². The lowest BCUT2D eigenvalue weighted by atomic mass is 9.85. The molecule has 0 radical (unpaired) electrons. The molecular formula is C23H28N2O3. The highest BCUT2D eigenvalue weighted by molar-refractivity contribution is 5.94. The smallest absolute Gasteiger partial charge is 0.253 e. The van der Waals surface area contributed by atoms with Crippen molar-refractivity contribution in [1.29, 1.82) is 0 Å². The molecule has 2 aromatic rings. The van der Waals surface area contributed by atoms with Gasteiger partial charge in [0.05, 0.1) is 13.2 Å². The number of pyridine rings is 1. The SMILES string of the molecule is COc1cccnc1-c1ccc(C(=O)N(CC2CCC2)C[C@H]2CCCO2)cc1. The van der Waals surface area contributed by atoms with Gasteiger partial charge in [-0.2, -0.15) is 0 Å². The summed E-state index contributed by atoms with van der Waals surface area (Å²) in [6.07, 6.45) is 7.82. The summed E-state index contributed by atoms with van der Waals surface area (Å²) in [6, 6.07) is 11.4. The van der Waals surface area contributed by atoms with E-state index in [0.29, 0.717) is 12.5 Å². The van der Waals surface area contributed by atoms with E-state index < -0.39 is 0 Å². The van der Waals surface area contributed by atoms with Crippen LogP contribution in [0, 0.1) is 5.92 Å². The van der Waals surface area contributed by atoms with Crippen LogP contribution in [0.3, 0.4) is 0 Å². The van der Waals surface area contributed by atoms with Crippen LogP contribution in [0.2, 0.25) is 0 Å². The lowest BCUT2D eigenvalue weighted by Gasteiger charge is -2.33. The number of carbonyl (C=O) groups is 1. The first-order valence-electron chi connectivity index (χ1n) is 10.2. The summed E-state index contributed by atoms with van der Waals surface area (Å²) in [5.41, 5.74) is 2.45. The van der Waals surface area contributed by atoms with Crippen molar-refractivity contribution in [3.63, 3.8) is 0 Å². The number of benzene rings is 1. The Hall–Kier alpha value is -2.40. The predicted molar refractivity (Wildman–Crippen MR) is 108 cm³/mol. The van der Waals surface area contributed by atoms with Crippen LogP contribution < -0.4 is 4.74 Å². The first kappa shape index (κ1) is 18.9. The number of methoxy groups -OCH3 is 1. The molecule has 1 aromatic carbocycles. The van der Waals surface area contributed by atoms with Crippen molar-refractivity contribution in [2.24, 2.45) is 5.92 Å². The summed E-state index contributed by atoms with van der Waals surface area (Å²) in [5.74, 6) is 1.47. The van der Waals surface area contributed by atoms with Gasteiger partial charge in [-0.3, -0.25) is 9.78 Å². The van der Waals surface area contributed by atoms with Gasteiger partial charge >= 0.3 is 0 Å². The molecule has 0 N–H and O–H groups in total. The maximum Gasteiger partial charge on any atom is 0.253 e. The van der Waals surface area contributed by atoms with Crippen molar-refractivity contribution in [3.05, 3.63) is 48.2 Å². The van der Waals surface area contributed by atoms with E-state index in [-0.39, 0.29) is 12.0 Å². The highest BCUT2D eigenvalue weighted by atomic mass is 16.5. The number of carbonyl (C=O) groups excluding carboxylic acids is 1. The minimum absolute atomic E-state index is 0.0990. The summed E-state index contributed by atoms with van der Waals surface area (Å²) in [5, 5.41) is 0. The standard InChI is InChI=1S/C23H28N2O3/c1-27-21-8-3-13-24-22(21)18-9-11-19(12-10-18)23(26)25(15-17-5-2-6-17)16-20-7-4-14-28-20/h3,8-13,17,20H,2,4-7,14-16H2,1H3/t20-/m1/s1. The van der Waals surface area contributed by atoms with E-state index >= 15 is 0 Å². The molecule has 1 aliphatic carbocycles. The second-order valence-electron chi connectivity index (χ2n) is 7.77. The number of amides is 1. The van der Waals surface area contributed by atoms with Crippen LogP contribution >= 0.6 is 0 Å². The lowest BCUT2D eigenvalue weighted by molar-refractivity contribution is 0.0448. The fourth-order valence-corrected chi connectivity index (χ4v) is 3.99. The number of nitrogens with zero attached hydrogens (tertiary/aromatic N) is 2. The van der Waals surface area contributed by atoms with E-state index in [9.17, 15) is 4.79 Å². The lowest BCUT2D eigenvalue weighted by Crippen LogP contribution is -2.41. The normalized spacial score (nSPS) is 19.2. The molecule has 2 fully saturated rings. The third kappa shape index (κ3) is 4.20. The van der Waals surface area contributed by atoms with Crippen molar-refractivity contribution in [2.75, 3.05) is 26.8 Å². The van der Waals surface area contributed by atoms with Gasteiger partial charge in [0.15, 0.2) is 0 Å². The maximum absolute atomic E-state index is 13.2. The average Bonchev–Trinajstić information content (AvgIpc) is 3.22. The Morgan fingerprint density at radius 1 is 1.14 bits per heavy atom. The number of ether oxygens (including phenoxy) is 2. The van der Waals surface area contributed by atoms with Crippen LogP contribution in [0.25, 0.3) is 11.3 Å². The first-order chi connectivity index (χ1) is 13.7. The highest BCUT2D eigenvalue weighted by Gasteiger charge is 2.28. The fourth-order valence-electron chi connectivity index (χ4n) is 3.99. The van der Waals surface area contributed by atoms with E-state index in [4.69, 9.17) is 9.47 Å². The van der Waals surface area contributed by atoms with E-state index in [2.05, 4.69) is 4.98 Å². The third-order valence-electron chi connectivity index (χ3n) is 5.83. The zero-order chi connectivity index (χ0) is 19.3. The quantitative estimate of drug-likeness (QED) is 0.723. The Bertz CT molecular complexity index is 796. The van der Waals surface area contributed by atoms with Crippen molar-refractivity contribution in [3.8, 4) is 17.0 Å². The molecule has 1 amide bonds. The molecule has 148 valence electrons. The minimum Gasteiger partial charge on any atom is -0.494 e. The molecule has 4 rings (SSSR count). The van der Waals surface area contributed by atoms with Crippen LogP contribution in [-0.4, -0.2) is 48.7 Å². The molecule has 1 saturated heterocycles. The van der Waals surface area contributed by atoms with Crippen LogP contribution in [0.5, 0.6) is 5.75 Å². The molecular weight excluding hydrogens is 352 g/mol. The molecule has 2 aliphatic rings. The summed E-state index contributed by atoms with van der Waals surface area (Å²) in [7, 11) is 1.64. The van der Waals surface area contributed by atoms with Crippen LogP contribution in [-0.2, 0) is 4.74 Å². The van der Waals surface area contributed by atoms with E-state index in [1.165, 1.54) is 19.3 Å². The Morgan fingerprint density at radius 3 is 2.61 bits per heavy atom. The molecule has 1 aromatic heterocycles. The second-order valence-corrected chi connectivity index (χ2v) is 7.77. The van der Waals surface area contributed by atoms with E-state index in [1.807, 2.05) is 41.3 Å². The predicted octanol–water partition coefficient (Wildman–Crippen LogP) is 4.18. The number of aromatic nitrogens is 1. The molecule has 28 heavy (non-hydrogen) atoms. The van der Waals surface area contributed by atoms with E-state index in [1.54, 1.807) is 13.3 Å². The Labute approximate surface area is 166 Å². The molecule has 5 heteroatoms. The summed E-state index contributed by atoms with van der Waals surface area (Å²) >= 11 is 0. The summed E-state index contributed by atoms with van der Waals surface area (Å²) in [4.78, 5) is 19.6. The number of hydrogen-bond acceptors (Lipinski definition) is 4. The van der Waals surface area contributed by atoms with Gasteiger partial charge in [0.1, 0.15) is 11.4 Å². The minimum atomic E-state index is 0.0990. The van der Waals surface area contributed by atoms with Gasteiger partial charge in [0.2, 0.25) is 0 Å². The van der Waals surface area contributed by atoms with Gasteiger partial charge in [0.25, 0.3) is 5.91 Å².